The standard InChI is InChI=1S/C36H50N2O5/c1-22-23-9-10-26-34(5,24(23)17-25(39)28(22)40)14-16-36(7)27-18-33(4,13-11-32(27,3)12-15-35(26,36)6)38(8)30(42)29(41)37-19-31(2)20-43-21-31/h9-10,17,27,40H,11-16,18-21H2,1-8H3,(H,37,41)/t27?,32-,33-,34+,35-,36+/m1/s1. The van der Waals surface area contributed by atoms with E-state index in [2.05, 4.69) is 59.0 Å². The number of carbonyl (C=O) groups excluding carboxylic acids is 3. The van der Waals surface area contributed by atoms with Gasteiger partial charge in [0.1, 0.15) is 0 Å². The highest BCUT2D eigenvalue weighted by Crippen LogP contribution is 2.75. The number of carbonyl (C=O) groups is 3. The van der Waals surface area contributed by atoms with Gasteiger partial charge < -0.3 is 20.1 Å². The molecule has 1 unspecified atom stereocenters. The van der Waals surface area contributed by atoms with E-state index in [1.165, 1.54) is 5.57 Å². The lowest BCUT2D eigenvalue weighted by atomic mass is 9.35. The van der Waals surface area contributed by atoms with E-state index >= 15 is 0 Å². The molecule has 2 amide bonds. The normalized spacial score (nSPS) is 41.3. The first-order valence-electron chi connectivity index (χ1n) is 16.2. The SMILES string of the molecule is CC1=C(O)C(=O)C=C2C1=CC=C1[C@@]2(C)CC[C@@]2(C)C3C[C@](C)(N(C)C(=O)C(=O)NCC4(C)COC4)CC[C@]3(C)CC[C@]12C. The van der Waals surface area contributed by atoms with Gasteiger partial charge in [0.25, 0.3) is 0 Å². The van der Waals surface area contributed by atoms with Gasteiger partial charge in [0.15, 0.2) is 5.76 Å². The average molecular weight is 591 g/mol. The summed E-state index contributed by atoms with van der Waals surface area (Å²) in [6, 6.07) is 0. The van der Waals surface area contributed by atoms with Gasteiger partial charge in [-0.15, -0.1) is 0 Å². The summed E-state index contributed by atoms with van der Waals surface area (Å²) in [5.41, 5.74) is 3.37. The van der Waals surface area contributed by atoms with Crippen LogP contribution >= 0.6 is 0 Å². The van der Waals surface area contributed by atoms with E-state index in [-0.39, 0.29) is 38.6 Å². The lowest BCUT2D eigenvalue weighted by molar-refractivity contribution is -0.172. The van der Waals surface area contributed by atoms with Gasteiger partial charge >= 0.3 is 11.8 Å². The molecule has 43 heavy (non-hydrogen) atoms. The van der Waals surface area contributed by atoms with Crippen molar-refractivity contribution in [1.29, 1.82) is 0 Å². The fourth-order valence-electron chi connectivity index (χ4n) is 10.1. The van der Waals surface area contributed by atoms with E-state index < -0.39 is 17.4 Å². The van der Waals surface area contributed by atoms with Gasteiger partial charge in [0.2, 0.25) is 5.78 Å². The molecule has 0 aromatic rings. The maximum absolute atomic E-state index is 13.5. The maximum Gasteiger partial charge on any atom is 0.312 e. The zero-order valence-electron chi connectivity index (χ0n) is 27.4. The first-order chi connectivity index (χ1) is 19.9. The second kappa shape index (κ2) is 9.42. The monoisotopic (exact) mass is 590 g/mol. The Balaban J connectivity index is 1.30. The molecule has 0 aromatic carbocycles. The molecule has 6 rings (SSSR count). The zero-order chi connectivity index (χ0) is 31.4. The van der Waals surface area contributed by atoms with Crippen molar-refractivity contribution in [3.8, 4) is 0 Å². The van der Waals surface area contributed by atoms with Gasteiger partial charge in [-0.25, -0.2) is 0 Å². The van der Waals surface area contributed by atoms with Crippen molar-refractivity contribution in [2.45, 2.75) is 99.0 Å². The van der Waals surface area contributed by atoms with Gasteiger partial charge in [-0.2, -0.15) is 0 Å². The second-order valence-electron chi connectivity index (χ2n) is 16.4. The number of hydrogen-bond donors (Lipinski definition) is 2. The van der Waals surface area contributed by atoms with E-state index in [0.29, 0.717) is 31.2 Å². The molecule has 0 aromatic heterocycles. The molecule has 4 fully saturated rings. The topological polar surface area (TPSA) is 95.9 Å². The van der Waals surface area contributed by atoms with Crippen LogP contribution in [-0.2, 0) is 19.1 Å². The number of aliphatic hydroxyl groups excluding tert-OH is 1. The van der Waals surface area contributed by atoms with Crippen molar-refractivity contribution in [2.75, 3.05) is 26.8 Å². The Hall–Kier alpha value is -2.67. The van der Waals surface area contributed by atoms with Crippen LogP contribution in [0.25, 0.3) is 0 Å². The van der Waals surface area contributed by atoms with Crippen LogP contribution < -0.4 is 5.32 Å². The molecule has 2 N–H and O–H groups in total. The average Bonchev–Trinajstić information content (AvgIpc) is 2.95. The molecule has 6 atom stereocenters. The summed E-state index contributed by atoms with van der Waals surface area (Å²) in [6.07, 6.45) is 13.0. The summed E-state index contributed by atoms with van der Waals surface area (Å²) in [5, 5.41) is 13.3. The number of nitrogens with one attached hydrogen (secondary N) is 1. The molecule has 7 heteroatoms. The van der Waals surface area contributed by atoms with E-state index in [9.17, 15) is 19.5 Å². The molecule has 6 aliphatic rings. The molecule has 1 saturated heterocycles. The number of rotatable bonds is 3. The van der Waals surface area contributed by atoms with E-state index in [1.807, 2.05) is 14.0 Å². The minimum atomic E-state index is -0.529. The van der Waals surface area contributed by atoms with Crippen LogP contribution in [0.1, 0.15) is 93.4 Å². The lowest BCUT2D eigenvalue weighted by Gasteiger charge is -2.70. The number of fused-ring (bicyclic) bond motifs is 7. The second-order valence-corrected chi connectivity index (χ2v) is 16.4. The Kier molecular flexibility index (Phi) is 6.65. The molecule has 234 valence electrons. The Morgan fingerprint density at radius 2 is 1.67 bits per heavy atom. The first-order valence-corrected chi connectivity index (χ1v) is 16.2. The lowest BCUT2D eigenvalue weighted by Crippen LogP contribution is -2.65. The van der Waals surface area contributed by atoms with Crippen LogP contribution in [0.4, 0.5) is 0 Å². The summed E-state index contributed by atoms with van der Waals surface area (Å²) < 4.78 is 5.31. The van der Waals surface area contributed by atoms with Crippen LogP contribution in [-0.4, -0.2) is 59.9 Å². The summed E-state index contributed by atoms with van der Waals surface area (Å²) in [5.74, 6) is -1.06. The predicted octanol–water partition coefficient (Wildman–Crippen LogP) is 5.98. The Morgan fingerprint density at radius 1 is 1.00 bits per heavy atom. The molecule has 0 radical (unpaired) electrons. The van der Waals surface area contributed by atoms with Crippen LogP contribution in [0.3, 0.4) is 0 Å². The summed E-state index contributed by atoms with van der Waals surface area (Å²) in [6.45, 7) is 17.4. The molecule has 1 aliphatic heterocycles. The van der Waals surface area contributed by atoms with Crippen molar-refractivity contribution in [1.82, 2.24) is 10.2 Å². The van der Waals surface area contributed by atoms with E-state index in [1.54, 1.807) is 11.0 Å². The third kappa shape index (κ3) is 4.12. The molecule has 7 nitrogen and oxygen atoms in total. The molecule has 1 heterocycles. The fraction of sp³-hybridized carbons (Fsp3) is 0.694. The molecule has 0 spiro atoms. The minimum absolute atomic E-state index is 0.0183. The largest absolute Gasteiger partial charge is 0.504 e. The number of ketones is 1. The smallest absolute Gasteiger partial charge is 0.312 e. The number of amides is 2. The number of nitrogens with zero attached hydrogens (tertiary/aromatic N) is 1. The summed E-state index contributed by atoms with van der Waals surface area (Å²) in [7, 11) is 1.81. The van der Waals surface area contributed by atoms with Crippen molar-refractivity contribution >= 4 is 17.6 Å². The maximum atomic E-state index is 13.5. The Morgan fingerprint density at radius 3 is 2.33 bits per heavy atom. The first kappa shape index (κ1) is 30.4. The molecule has 3 saturated carbocycles. The van der Waals surface area contributed by atoms with Crippen molar-refractivity contribution in [3.05, 3.63) is 46.3 Å². The van der Waals surface area contributed by atoms with Gasteiger partial charge in [0, 0.05) is 35.5 Å². The van der Waals surface area contributed by atoms with Gasteiger partial charge in [0.05, 0.1) is 13.2 Å². The predicted molar refractivity (Wildman–Crippen MR) is 166 cm³/mol. The third-order valence-corrected chi connectivity index (χ3v) is 13.7. The highest BCUT2D eigenvalue weighted by atomic mass is 16.5. The van der Waals surface area contributed by atoms with Crippen LogP contribution in [0.2, 0.25) is 0 Å². The van der Waals surface area contributed by atoms with Crippen molar-refractivity contribution < 1.29 is 24.2 Å². The quantitative estimate of drug-likeness (QED) is 0.395. The highest BCUT2D eigenvalue weighted by molar-refractivity contribution is 6.35. The van der Waals surface area contributed by atoms with Crippen LogP contribution in [0.15, 0.2) is 46.3 Å². The highest BCUT2D eigenvalue weighted by Gasteiger charge is 2.67. The van der Waals surface area contributed by atoms with Gasteiger partial charge in [-0.05, 0) is 98.2 Å². The van der Waals surface area contributed by atoms with Gasteiger partial charge in [-0.3, -0.25) is 14.4 Å². The minimum Gasteiger partial charge on any atom is -0.504 e. The van der Waals surface area contributed by atoms with Crippen LogP contribution in [0, 0.1) is 33.0 Å². The van der Waals surface area contributed by atoms with Gasteiger partial charge in [-0.1, -0.05) is 52.3 Å². The zero-order valence-corrected chi connectivity index (χ0v) is 27.4. The third-order valence-electron chi connectivity index (χ3n) is 13.7. The Labute approximate surface area is 256 Å². The van der Waals surface area contributed by atoms with Crippen molar-refractivity contribution in [3.63, 3.8) is 0 Å². The summed E-state index contributed by atoms with van der Waals surface area (Å²) in [4.78, 5) is 41.0. The molecule has 0 bridgehead atoms. The number of allylic oxidation sites excluding steroid dienone is 7. The number of aliphatic hydroxyl groups is 1. The molecular formula is C36H50N2O5. The van der Waals surface area contributed by atoms with Crippen LogP contribution in [0.5, 0.6) is 0 Å². The fourth-order valence-corrected chi connectivity index (χ4v) is 10.1. The van der Waals surface area contributed by atoms with E-state index in [0.717, 1.165) is 56.1 Å². The van der Waals surface area contributed by atoms with Crippen molar-refractivity contribution in [2.24, 2.45) is 33.0 Å². The van der Waals surface area contributed by atoms with E-state index in [4.69, 9.17) is 4.74 Å². The molecular weight excluding hydrogens is 540 g/mol. The Bertz CT molecular complexity index is 1430. The number of likely N-dealkylation sites (N-methyl/N-ethyl adjacent to an activating group) is 1. The number of ether oxygens (including phenoxy) is 1. The molecule has 5 aliphatic carbocycles. The number of hydrogen-bond acceptors (Lipinski definition) is 5. The summed E-state index contributed by atoms with van der Waals surface area (Å²) >= 11 is 0.